The summed E-state index contributed by atoms with van der Waals surface area (Å²) in [7, 11) is 0. The normalized spacial score (nSPS) is 17.9. The van der Waals surface area contributed by atoms with Gasteiger partial charge in [0.1, 0.15) is 6.10 Å². The summed E-state index contributed by atoms with van der Waals surface area (Å²) in [4.78, 5) is 18.9. The molecule has 0 aliphatic carbocycles. The van der Waals surface area contributed by atoms with Gasteiger partial charge in [0, 0.05) is 32.1 Å². The van der Waals surface area contributed by atoms with Crippen LogP contribution in [0.3, 0.4) is 0 Å². The van der Waals surface area contributed by atoms with Gasteiger partial charge >= 0.3 is 0 Å². The van der Waals surface area contributed by atoms with Gasteiger partial charge in [-0.25, -0.2) is 9.38 Å². The molecule has 2 unspecified atom stereocenters. The first-order valence-corrected chi connectivity index (χ1v) is 10.2. The topological polar surface area (TPSA) is 66.0 Å². The number of halogens is 2. The fraction of sp³-hybridized carbons (Fsp3) is 0.619. The Bertz CT molecular complexity index is 659. The Kier molecular flexibility index (Phi) is 11.9. The molecule has 0 saturated carbocycles. The molecule has 1 saturated heterocycles. The second-order valence-corrected chi connectivity index (χ2v) is 7.19. The maximum atomic E-state index is 13.7. The average Bonchev–Trinajstić information content (AvgIpc) is 2.68. The summed E-state index contributed by atoms with van der Waals surface area (Å²) in [5.74, 6) is 0.663. The average molecular weight is 520 g/mol. The molecule has 0 radical (unpaired) electrons. The van der Waals surface area contributed by atoms with Crippen LogP contribution in [0.25, 0.3) is 0 Å². The van der Waals surface area contributed by atoms with E-state index in [0.29, 0.717) is 38.1 Å². The smallest absolute Gasteiger partial charge is 0.224 e. The summed E-state index contributed by atoms with van der Waals surface area (Å²) >= 11 is 0. The number of hydrogen-bond donors (Lipinski definition) is 2. The number of guanidine groups is 1. The van der Waals surface area contributed by atoms with Crippen LogP contribution in [0.5, 0.6) is 5.75 Å². The fourth-order valence-electron chi connectivity index (χ4n) is 3.26. The summed E-state index contributed by atoms with van der Waals surface area (Å²) < 4.78 is 19.3. The molecule has 29 heavy (non-hydrogen) atoms. The molecule has 6 nitrogen and oxygen atoms in total. The van der Waals surface area contributed by atoms with Gasteiger partial charge in [0.25, 0.3) is 0 Å². The van der Waals surface area contributed by atoms with Crippen molar-refractivity contribution in [3.05, 3.63) is 30.1 Å². The molecule has 1 aliphatic heterocycles. The minimum Gasteiger partial charge on any atom is -0.486 e. The molecule has 1 amide bonds. The first-order valence-electron chi connectivity index (χ1n) is 10.2. The van der Waals surface area contributed by atoms with Gasteiger partial charge in [-0.05, 0) is 52.2 Å². The molecule has 1 aromatic rings. The second-order valence-electron chi connectivity index (χ2n) is 7.19. The molecule has 8 heteroatoms. The zero-order valence-corrected chi connectivity index (χ0v) is 19.9. The Labute approximate surface area is 190 Å². The summed E-state index contributed by atoms with van der Waals surface area (Å²) in [6.45, 7) is 8.42. The molecular formula is C21H34FIN4O2. The highest BCUT2D eigenvalue weighted by Crippen LogP contribution is 2.17. The van der Waals surface area contributed by atoms with E-state index >= 15 is 0 Å². The van der Waals surface area contributed by atoms with E-state index in [1.54, 1.807) is 18.2 Å². The van der Waals surface area contributed by atoms with Gasteiger partial charge in [0.2, 0.25) is 5.91 Å². The van der Waals surface area contributed by atoms with Crippen LogP contribution in [-0.4, -0.2) is 55.1 Å². The molecule has 0 aromatic heterocycles. The molecule has 1 aliphatic rings. The number of ether oxygens (including phenoxy) is 1. The van der Waals surface area contributed by atoms with Crippen molar-refractivity contribution < 1.29 is 13.9 Å². The Morgan fingerprint density at radius 2 is 2.10 bits per heavy atom. The SMILES string of the molecule is CCNC(=NCC(C)Oc1ccccc1F)NCCC(=O)N1CCCCC1C.I. The number of rotatable bonds is 8. The third kappa shape index (κ3) is 8.76. The van der Waals surface area contributed by atoms with Crippen LogP contribution >= 0.6 is 24.0 Å². The molecule has 1 aromatic carbocycles. The molecule has 1 fully saturated rings. The molecule has 0 bridgehead atoms. The van der Waals surface area contributed by atoms with Crippen LogP contribution in [0.2, 0.25) is 0 Å². The Hall–Kier alpha value is -1.58. The van der Waals surface area contributed by atoms with Gasteiger partial charge < -0.3 is 20.3 Å². The standard InChI is InChI=1S/C21H33FN4O2.HI/c1-4-23-21(24-13-12-20(27)26-14-8-7-9-16(26)2)25-15-17(3)28-19-11-6-5-10-18(19)22;/h5-6,10-11,16-17H,4,7-9,12-15H2,1-3H3,(H2,23,24,25);1H. The zero-order valence-electron chi connectivity index (χ0n) is 17.6. The number of piperidine rings is 1. The second kappa shape index (κ2) is 13.6. The molecule has 1 heterocycles. The first-order chi connectivity index (χ1) is 13.5. The monoisotopic (exact) mass is 520 g/mol. The number of carbonyl (C=O) groups excluding carboxylic acids is 1. The van der Waals surface area contributed by atoms with E-state index in [4.69, 9.17) is 4.74 Å². The Balaban J connectivity index is 0.00000420. The van der Waals surface area contributed by atoms with Crippen LogP contribution in [-0.2, 0) is 4.79 Å². The lowest BCUT2D eigenvalue weighted by Crippen LogP contribution is -2.44. The molecule has 0 spiro atoms. The maximum absolute atomic E-state index is 13.7. The lowest BCUT2D eigenvalue weighted by molar-refractivity contribution is -0.134. The van der Waals surface area contributed by atoms with E-state index in [1.165, 1.54) is 12.5 Å². The number of likely N-dealkylation sites (tertiary alicyclic amines) is 1. The first kappa shape index (κ1) is 25.5. The number of aliphatic imine (C=N–C) groups is 1. The van der Waals surface area contributed by atoms with E-state index in [9.17, 15) is 9.18 Å². The number of nitrogens with one attached hydrogen (secondary N) is 2. The summed E-state index contributed by atoms with van der Waals surface area (Å²) in [5, 5.41) is 6.36. The molecule has 164 valence electrons. The van der Waals surface area contributed by atoms with Gasteiger partial charge in [-0.15, -0.1) is 24.0 Å². The number of benzene rings is 1. The van der Waals surface area contributed by atoms with Gasteiger partial charge in [0.05, 0.1) is 6.54 Å². The summed E-state index contributed by atoms with van der Waals surface area (Å²) in [6, 6.07) is 6.67. The number of hydrogen-bond acceptors (Lipinski definition) is 3. The van der Waals surface area contributed by atoms with E-state index in [1.807, 2.05) is 18.7 Å². The number of nitrogens with zero attached hydrogens (tertiary/aromatic N) is 2. The van der Waals surface area contributed by atoms with Crippen molar-refractivity contribution in [1.29, 1.82) is 0 Å². The zero-order chi connectivity index (χ0) is 20.4. The lowest BCUT2D eigenvalue weighted by Gasteiger charge is -2.33. The maximum Gasteiger partial charge on any atom is 0.224 e. The van der Waals surface area contributed by atoms with Gasteiger partial charge in [0.15, 0.2) is 17.5 Å². The van der Waals surface area contributed by atoms with Gasteiger partial charge in [-0.3, -0.25) is 4.79 Å². The van der Waals surface area contributed by atoms with E-state index < -0.39 is 0 Å². The van der Waals surface area contributed by atoms with Crippen molar-refractivity contribution in [2.75, 3.05) is 26.2 Å². The van der Waals surface area contributed by atoms with Gasteiger partial charge in [-0.1, -0.05) is 12.1 Å². The van der Waals surface area contributed by atoms with E-state index in [0.717, 1.165) is 19.4 Å². The van der Waals surface area contributed by atoms with Crippen LogP contribution in [0, 0.1) is 5.82 Å². The number of para-hydroxylation sites is 1. The highest BCUT2D eigenvalue weighted by atomic mass is 127. The molecule has 2 atom stereocenters. The van der Waals surface area contributed by atoms with Crippen LogP contribution in [0.1, 0.15) is 46.5 Å². The van der Waals surface area contributed by atoms with Crippen molar-refractivity contribution in [1.82, 2.24) is 15.5 Å². The van der Waals surface area contributed by atoms with Crippen LogP contribution in [0.4, 0.5) is 4.39 Å². The number of carbonyl (C=O) groups is 1. The Morgan fingerprint density at radius 1 is 1.34 bits per heavy atom. The van der Waals surface area contributed by atoms with Crippen molar-refractivity contribution in [2.24, 2.45) is 4.99 Å². The highest BCUT2D eigenvalue weighted by molar-refractivity contribution is 14.0. The van der Waals surface area contributed by atoms with Crippen molar-refractivity contribution in [3.63, 3.8) is 0 Å². The third-order valence-electron chi connectivity index (χ3n) is 4.77. The van der Waals surface area contributed by atoms with Gasteiger partial charge in [-0.2, -0.15) is 0 Å². The quantitative estimate of drug-likeness (QED) is 0.313. The predicted octanol–water partition coefficient (Wildman–Crippen LogP) is 3.56. The van der Waals surface area contributed by atoms with Crippen molar-refractivity contribution >= 4 is 35.8 Å². The largest absolute Gasteiger partial charge is 0.486 e. The minimum atomic E-state index is -0.381. The lowest BCUT2D eigenvalue weighted by atomic mass is 10.0. The Morgan fingerprint density at radius 3 is 2.79 bits per heavy atom. The molecule has 2 rings (SSSR count). The fourth-order valence-corrected chi connectivity index (χ4v) is 3.26. The minimum absolute atomic E-state index is 0. The van der Waals surface area contributed by atoms with E-state index in [2.05, 4.69) is 22.5 Å². The van der Waals surface area contributed by atoms with Crippen molar-refractivity contribution in [3.8, 4) is 5.75 Å². The predicted molar refractivity (Wildman–Crippen MR) is 126 cm³/mol. The highest BCUT2D eigenvalue weighted by Gasteiger charge is 2.22. The molecular weight excluding hydrogens is 486 g/mol. The van der Waals surface area contributed by atoms with Crippen molar-refractivity contribution in [2.45, 2.75) is 58.6 Å². The van der Waals surface area contributed by atoms with Crippen LogP contribution < -0.4 is 15.4 Å². The third-order valence-corrected chi connectivity index (χ3v) is 4.77. The molecule has 2 N–H and O–H groups in total. The summed E-state index contributed by atoms with van der Waals surface area (Å²) in [6.07, 6.45) is 3.54. The van der Waals surface area contributed by atoms with Crippen LogP contribution in [0.15, 0.2) is 29.3 Å². The summed E-state index contributed by atoms with van der Waals surface area (Å²) in [5.41, 5.74) is 0. The number of amides is 1. The van der Waals surface area contributed by atoms with E-state index in [-0.39, 0.29) is 47.6 Å².